The van der Waals surface area contributed by atoms with Crippen LogP contribution in [0.3, 0.4) is 0 Å². The molecule has 3 nitrogen and oxygen atoms in total. The maximum atomic E-state index is 9.95. The monoisotopic (exact) mass is 209 g/mol. The van der Waals surface area contributed by atoms with Gasteiger partial charge in [-0.1, -0.05) is 13.0 Å². The number of ether oxygens (including phenoxy) is 1. The minimum atomic E-state index is -0.442. The average Bonchev–Trinajstić information content (AvgIpc) is 2.18. The predicted octanol–water partition coefficient (Wildman–Crippen LogP) is 2.10. The van der Waals surface area contributed by atoms with Crippen LogP contribution in [-0.4, -0.2) is 23.8 Å². The van der Waals surface area contributed by atoms with Crippen molar-refractivity contribution in [3.05, 3.63) is 29.6 Å². The van der Waals surface area contributed by atoms with Gasteiger partial charge in [0.2, 0.25) is 0 Å². The molecule has 0 spiro atoms. The second kappa shape index (κ2) is 5.83. The molecule has 0 saturated carbocycles. The SMILES string of the molecule is COCC(C)CC(O)c1cncc(C)c1. The summed E-state index contributed by atoms with van der Waals surface area (Å²) in [4.78, 5) is 4.07. The standard InChI is InChI=1S/C12H19NO2/c1-9-4-11(7-13-6-9)12(14)5-10(2)8-15-3/h4,6-7,10,12,14H,5,8H2,1-3H3. The third-order valence-corrected chi connectivity index (χ3v) is 2.36. The lowest BCUT2D eigenvalue weighted by atomic mass is 9.99. The molecule has 0 fully saturated rings. The Balaban J connectivity index is 2.56. The molecule has 3 heteroatoms. The molecule has 84 valence electrons. The Hall–Kier alpha value is -0.930. The number of nitrogens with zero attached hydrogens (tertiary/aromatic N) is 1. The first-order chi connectivity index (χ1) is 7.13. The summed E-state index contributed by atoms with van der Waals surface area (Å²) in [5, 5.41) is 9.95. The first-order valence-corrected chi connectivity index (χ1v) is 5.22. The lowest BCUT2D eigenvalue weighted by molar-refractivity contribution is 0.102. The normalized spacial score (nSPS) is 14.9. The molecule has 1 heterocycles. The third kappa shape index (κ3) is 3.98. The number of rotatable bonds is 5. The van der Waals surface area contributed by atoms with E-state index in [0.717, 1.165) is 11.1 Å². The number of aliphatic hydroxyl groups excluding tert-OH is 1. The van der Waals surface area contributed by atoms with Crippen LogP contribution in [0, 0.1) is 12.8 Å². The first kappa shape index (κ1) is 12.1. The van der Waals surface area contributed by atoms with E-state index in [-0.39, 0.29) is 0 Å². The molecule has 0 aliphatic carbocycles. The number of aromatic nitrogens is 1. The Morgan fingerprint density at radius 2 is 2.20 bits per heavy atom. The summed E-state index contributed by atoms with van der Waals surface area (Å²) in [6, 6.07) is 1.97. The Kier molecular flexibility index (Phi) is 4.72. The number of hydrogen-bond acceptors (Lipinski definition) is 3. The highest BCUT2D eigenvalue weighted by molar-refractivity contribution is 5.18. The van der Waals surface area contributed by atoms with Crippen molar-refractivity contribution in [2.45, 2.75) is 26.4 Å². The number of methoxy groups -OCH3 is 1. The summed E-state index contributed by atoms with van der Waals surface area (Å²) in [5.41, 5.74) is 1.96. The van der Waals surface area contributed by atoms with E-state index in [1.54, 1.807) is 19.5 Å². The molecular weight excluding hydrogens is 190 g/mol. The molecule has 0 bridgehead atoms. The highest BCUT2D eigenvalue weighted by Crippen LogP contribution is 2.21. The largest absolute Gasteiger partial charge is 0.388 e. The van der Waals surface area contributed by atoms with Crippen LogP contribution in [0.5, 0.6) is 0 Å². The van der Waals surface area contributed by atoms with Crippen LogP contribution in [0.2, 0.25) is 0 Å². The van der Waals surface area contributed by atoms with Crippen LogP contribution < -0.4 is 0 Å². The van der Waals surface area contributed by atoms with Crippen molar-refractivity contribution in [1.29, 1.82) is 0 Å². The molecule has 2 atom stereocenters. The van der Waals surface area contributed by atoms with Crippen LogP contribution in [0.1, 0.15) is 30.6 Å². The fourth-order valence-electron chi connectivity index (χ4n) is 1.63. The molecule has 1 N–H and O–H groups in total. The molecule has 15 heavy (non-hydrogen) atoms. The van der Waals surface area contributed by atoms with Crippen molar-refractivity contribution in [2.75, 3.05) is 13.7 Å². The van der Waals surface area contributed by atoms with Crippen LogP contribution in [-0.2, 0) is 4.74 Å². The van der Waals surface area contributed by atoms with E-state index in [1.165, 1.54) is 0 Å². The van der Waals surface area contributed by atoms with Gasteiger partial charge in [0.25, 0.3) is 0 Å². The van der Waals surface area contributed by atoms with E-state index in [0.29, 0.717) is 18.9 Å². The van der Waals surface area contributed by atoms with Gasteiger partial charge in [0.05, 0.1) is 6.10 Å². The average molecular weight is 209 g/mol. The number of aryl methyl sites for hydroxylation is 1. The van der Waals surface area contributed by atoms with Gasteiger partial charge in [0.15, 0.2) is 0 Å². The van der Waals surface area contributed by atoms with E-state index in [2.05, 4.69) is 11.9 Å². The second-order valence-electron chi connectivity index (χ2n) is 4.11. The number of aliphatic hydroxyl groups is 1. The fourth-order valence-corrected chi connectivity index (χ4v) is 1.63. The quantitative estimate of drug-likeness (QED) is 0.807. The molecule has 1 rings (SSSR count). The molecule has 0 aliphatic heterocycles. The van der Waals surface area contributed by atoms with E-state index >= 15 is 0 Å². The van der Waals surface area contributed by atoms with Crippen molar-refractivity contribution < 1.29 is 9.84 Å². The zero-order valence-electron chi connectivity index (χ0n) is 9.60. The van der Waals surface area contributed by atoms with Gasteiger partial charge in [-0.2, -0.15) is 0 Å². The summed E-state index contributed by atoms with van der Waals surface area (Å²) >= 11 is 0. The van der Waals surface area contributed by atoms with Crippen molar-refractivity contribution >= 4 is 0 Å². The second-order valence-corrected chi connectivity index (χ2v) is 4.11. The van der Waals surface area contributed by atoms with Gasteiger partial charge < -0.3 is 9.84 Å². The Morgan fingerprint density at radius 3 is 2.80 bits per heavy atom. The molecule has 0 radical (unpaired) electrons. The highest BCUT2D eigenvalue weighted by Gasteiger charge is 2.12. The van der Waals surface area contributed by atoms with E-state index in [9.17, 15) is 5.11 Å². The van der Waals surface area contributed by atoms with E-state index in [1.807, 2.05) is 13.0 Å². The summed E-state index contributed by atoms with van der Waals surface area (Å²) < 4.78 is 5.04. The molecule has 1 aromatic heterocycles. The van der Waals surface area contributed by atoms with Crippen molar-refractivity contribution in [2.24, 2.45) is 5.92 Å². The summed E-state index contributed by atoms with van der Waals surface area (Å²) in [6.45, 7) is 4.72. The topological polar surface area (TPSA) is 42.4 Å². The number of pyridine rings is 1. The zero-order chi connectivity index (χ0) is 11.3. The Bertz CT molecular complexity index is 301. The van der Waals surface area contributed by atoms with Crippen molar-refractivity contribution in [1.82, 2.24) is 4.98 Å². The molecular formula is C12H19NO2. The molecule has 0 saturated heterocycles. The third-order valence-electron chi connectivity index (χ3n) is 2.36. The Morgan fingerprint density at radius 1 is 1.47 bits per heavy atom. The van der Waals surface area contributed by atoms with Crippen molar-refractivity contribution in [3.63, 3.8) is 0 Å². The lowest BCUT2D eigenvalue weighted by Gasteiger charge is -2.15. The predicted molar refractivity (Wildman–Crippen MR) is 59.6 cm³/mol. The fraction of sp³-hybridized carbons (Fsp3) is 0.583. The van der Waals surface area contributed by atoms with Gasteiger partial charge in [0.1, 0.15) is 0 Å². The lowest BCUT2D eigenvalue weighted by Crippen LogP contribution is -2.09. The van der Waals surface area contributed by atoms with Gasteiger partial charge in [-0.15, -0.1) is 0 Å². The first-order valence-electron chi connectivity index (χ1n) is 5.22. The molecule has 0 aliphatic rings. The van der Waals surface area contributed by atoms with Gasteiger partial charge in [-0.05, 0) is 30.4 Å². The Labute approximate surface area is 91.1 Å². The van der Waals surface area contributed by atoms with E-state index in [4.69, 9.17) is 4.74 Å². The van der Waals surface area contributed by atoms with Gasteiger partial charge in [0, 0.05) is 26.1 Å². The van der Waals surface area contributed by atoms with Crippen molar-refractivity contribution in [3.8, 4) is 0 Å². The van der Waals surface area contributed by atoms with Gasteiger partial charge in [-0.25, -0.2) is 0 Å². The number of hydrogen-bond donors (Lipinski definition) is 1. The zero-order valence-corrected chi connectivity index (χ0v) is 9.60. The van der Waals surface area contributed by atoms with Crippen LogP contribution in [0.25, 0.3) is 0 Å². The minimum Gasteiger partial charge on any atom is -0.388 e. The van der Waals surface area contributed by atoms with Crippen LogP contribution >= 0.6 is 0 Å². The smallest absolute Gasteiger partial charge is 0.0808 e. The summed E-state index contributed by atoms with van der Waals surface area (Å²) in [7, 11) is 1.68. The maximum Gasteiger partial charge on any atom is 0.0808 e. The summed E-state index contributed by atoms with van der Waals surface area (Å²) in [6.07, 6.45) is 3.77. The van der Waals surface area contributed by atoms with Crippen LogP contribution in [0.4, 0.5) is 0 Å². The van der Waals surface area contributed by atoms with Gasteiger partial charge in [-0.3, -0.25) is 4.98 Å². The van der Waals surface area contributed by atoms with Crippen LogP contribution in [0.15, 0.2) is 18.5 Å². The maximum absolute atomic E-state index is 9.95. The minimum absolute atomic E-state index is 0.352. The molecule has 0 aromatic carbocycles. The molecule has 2 unspecified atom stereocenters. The molecule has 1 aromatic rings. The van der Waals surface area contributed by atoms with Gasteiger partial charge >= 0.3 is 0 Å². The molecule has 0 amide bonds. The van der Waals surface area contributed by atoms with E-state index < -0.39 is 6.10 Å². The summed E-state index contributed by atoms with van der Waals surface area (Å²) in [5.74, 6) is 0.352. The highest BCUT2D eigenvalue weighted by atomic mass is 16.5.